The van der Waals surface area contributed by atoms with Crippen LogP contribution in [0.15, 0.2) is 377 Å². The van der Waals surface area contributed by atoms with Crippen molar-refractivity contribution in [1.82, 2.24) is 19.1 Å². The molecule has 7 nitrogen and oxygen atoms in total. The molecule has 0 fully saturated rings. The minimum absolute atomic E-state index is 0.847. The number of nitrogens with zero attached hydrogens (tertiary/aromatic N) is 4. The monoisotopic (exact) mass is 1400 g/mol. The number of furan rings is 3. The van der Waals surface area contributed by atoms with Gasteiger partial charge in [0.15, 0.2) is 0 Å². The maximum Gasteiger partial charge on any atom is 0.144 e. The first-order chi connectivity index (χ1) is 53.5. The molecule has 0 N–H and O–H groups in total. The Morgan fingerprint density at radius 1 is 0.213 bits per heavy atom. The van der Waals surface area contributed by atoms with Crippen LogP contribution >= 0.6 is 11.3 Å². The number of hydrogen-bond donors (Lipinski definition) is 0. The molecule has 8 heteroatoms. The molecule has 8 heterocycles. The number of aromatic nitrogens is 4. The van der Waals surface area contributed by atoms with E-state index in [0.717, 1.165) is 156 Å². The topological polar surface area (TPSA) is 75.1 Å². The summed E-state index contributed by atoms with van der Waals surface area (Å²) in [7, 11) is 0. The van der Waals surface area contributed by atoms with Gasteiger partial charge in [-0.15, -0.1) is 11.3 Å². The van der Waals surface area contributed by atoms with Gasteiger partial charge in [0, 0.05) is 108 Å². The first kappa shape index (κ1) is 61.3. The smallest absolute Gasteiger partial charge is 0.144 e. The highest BCUT2D eigenvalue weighted by atomic mass is 32.1. The molecule has 0 aliphatic carbocycles. The van der Waals surface area contributed by atoms with Crippen LogP contribution in [0, 0.1) is 0 Å². The maximum atomic E-state index is 6.55. The zero-order valence-electron chi connectivity index (χ0n) is 58.1. The summed E-state index contributed by atoms with van der Waals surface area (Å²) in [5.41, 5.74) is 26.7. The number of fused-ring (bicyclic) bond motifs is 20. The lowest BCUT2D eigenvalue weighted by atomic mass is 9.97. The Hall–Kier alpha value is -14.2. The fraction of sp³-hybridized carbons (Fsp3) is 0. The largest absolute Gasteiger partial charge is 0.456 e. The minimum atomic E-state index is 0.847. The van der Waals surface area contributed by atoms with Crippen LogP contribution in [0.3, 0.4) is 0 Å². The number of para-hydroxylation sites is 6. The Morgan fingerprint density at radius 2 is 0.630 bits per heavy atom. The Labute approximate surface area is 622 Å². The molecule has 0 aliphatic heterocycles. The Morgan fingerprint density at radius 3 is 1.28 bits per heavy atom. The summed E-state index contributed by atoms with van der Waals surface area (Å²) in [5.74, 6) is 0. The average molecular weight is 1400 g/mol. The van der Waals surface area contributed by atoms with Crippen LogP contribution in [-0.2, 0) is 0 Å². The summed E-state index contributed by atoms with van der Waals surface area (Å²) in [6, 6.07) is 129. The summed E-state index contributed by atoms with van der Waals surface area (Å²) in [6.07, 6.45) is 0. The van der Waals surface area contributed by atoms with Gasteiger partial charge in [-0.2, -0.15) is 0 Å². The van der Waals surface area contributed by atoms with Gasteiger partial charge in [-0.05, 0) is 167 Å². The first-order valence-electron chi connectivity index (χ1n) is 36.5. The third-order valence-corrected chi connectivity index (χ3v) is 22.7. The van der Waals surface area contributed by atoms with E-state index in [2.05, 4.69) is 337 Å². The number of rotatable bonds is 9. The Kier molecular flexibility index (Phi) is 14.0. The summed E-state index contributed by atoms with van der Waals surface area (Å²) in [6.45, 7) is 0. The van der Waals surface area contributed by atoms with Crippen LogP contribution in [0.1, 0.15) is 0 Å². The molecule has 0 saturated carbocycles. The molecule has 0 spiro atoms. The lowest BCUT2D eigenvalue weighted by molar-refractivity contribution is 0.668. The molecule has 0 aliphatic rings. The van der Waals surface area contributed by atoms with Gasteiger partial charge in [0.2, 0.25) is 0 Å². The van der Waals surface area contributed by atoms with Crippen molar-refractivity contribution < 1.29 is 13.3 Å². The molecule has 0 amide bonds. The fourth-order valence-corrected chi connectivity index (χ4v) is 17.8. The Bertz CT molecular complexity index is 7560. The summed E-state index contributed by atoms with van der Waals surface area (Å²) >= 11 is 1.87. The van der Waals surface area contributed by atoms with Gasteiger partial charge in [-0.3, -0.25) is 0 Å². The SMILES string of the molecule is c1ccc(-c2cc(-c3cccc(-n4c5ccccc5c5c6c(ccc54)oc4ccccc46)c3)nc(-c3ccc4oc5ccccc5c4c3)c2)cc1.c1ccc(-c2ccc(-c3cc(-c4cccc(-n5c6ccccc6c6c7c(ccc65)sc5ccccc57)c4)nc(-c4cccc5c4oc4ccccc45)c3)cc2)cc1. The molecular weight excluding hydrogens is 1340 g/mol. The lowest BCUT2D eigenvalue weighted by Gasteiger charge is -2.13. The summed E-state index contributed by atoms with van der Waals surface area (Å²) in [5, 5.41) is 14.3. The zero-order valence-corrected chi connectivity index (χ0v) is 58.9. The van der Waals surface area contributed by atoms with Gasteiger partial charge in [0.1, 0.15) is 33.5 Å². The molecular formula is C100H60N4O3S. The fourth-order valence-electron chi connectivity index (χ4n) is 16.6. The highest BCUT2D eigenvalue weighted by Gasteiger charge is 2.23. The van der Waals surface area contributed by atoms with Crippen LogP contribution in [0.25, 0.3) is 219 Å². The third kappa shape index (κ3) is 10.0. The highest BCUT2D eigenvalue weighted by Crippen LogP contribution is 2.47. The van der Waals surface area contributed by atoms with Crippen molar-refractivity contribution in [3.8, 4) is 89.8 Å². The molecule has 0 bridgehead atoms. The van der Waals surface area contributed by atoms with E-state index < -0.39 is 0 Å². The van der Waals surface area contributed by atoms with Crippen molar-refractivity contribution in [3.05, 3.63) is 364 Å². The quantitative estimate of drug-likeness (QED) is 0.144. The molecule has 0 atom stereocenters. The van der Waals surface area contributed by atoms with Gasteiger partial charge < -0.3 is 22.4 Å². The predicted octanol–water partition coefficient (Wildman–Crippen LogP) is 28.1. The maximum absolute atomic E-state index is 6.55. The van der Waals surface area contributed by atoms with Gasteiger partial charge >= 0.3 is 0 Å². The minimum Gasteiger partial charge on any atom is -0.456 e. The second-order valence-corrected chi connectivity index (χ2v) is 28.9. The second kappa shape index (κ2) is 24.7. The summed E-state index contributed by atoms with van der Waals surface area (Å²) in [4.78, 5) is 10.8. The van der Waals surface area contributed by atoms with Crippen LogP contribution in [0.2, 0.25) is 0 Å². The van der Waals surface area contributed by atoms with Gasteiger partial charge in [0.05, 0.1) is 44.8 Å². The number of thiophene rings is 1. The Balaban J connectivity index is 0.000000135. The predicted molar refractivity (Wildman–Crippen MR) is 450 cm³/mol. The normalized spacial score (nSPS) is 11.9. The van der Waals surface area contributed by atoms with Crippen LogP contribution in [-0.4, -0.2) is 19.1 Å². The first-order valence-corrected chi connectivity index (χ1v) is 37.3. The second-order valence-electron chi connectivity index (χ2n) is 27.8. The van der Waals surface area contributed by atoms with E-state index in [1.807, 2.05) is 47.7 Å². The average Bonchev–Trinajstić information content (AvgIpc) is 1.56. The summed E-state index contributed by atoms with van der Waals surface area (Å²) < 4.78 is 26.4. The zero-order chi connectivity index (χ0) is 70.9. The molecule has 15 aromatic carbocycles. The number of hydrogen-bond acceptors (Lipinski definition) is 6. The van der Waals surface area contributed by atoms with Crippen LogP contribution < -0.4 is 0 Å². The molecule has 0 saturated heterocycles. The molecule has 0 radical (unpaired) electrons. The van der Waals surface area contributed by atoms with Crippen molar-refractivity contribution in [2.24, 2.45) is 0 Å². The van der Waals surface area contributed by atoms with E-state index in [0.29, 0.717) is 0 Å². The van der Waals surface area contributed by atoms with E-state index in [1.54, 1.807) is 0 Å². The van der Waals surface area contributed by atoms with Crippen LogP contribution in [0.5, 0.6) is 0 Å². The van der Waals surface area contributed by atoms with Gasteiger partial charge in [-0.25, -0.2) is 9.97 Å². The van der Waals surface area contributed by atoms with Crippen molar-refractivity contribution in [3.63, 3.8) is 0 Å². The molecule has 8 aromatic heterocycles. The van der Waals surface area contributed by atoms with Crippen molar-refractivity contribution in [2.45, 2.75) is 0 Å². The molecule has 504 valence electrons. The van der Waals surface area contributed by atoms with E-state index in [1.165, 1.54) is 63.9 Å². The highest BCUT2D eigenvalue weighted by molar-refractivity contribution is 7.26. The molecule has 108 heavy (non-hydrogen) atoms. The molecule has 23 aromatic rings. The van der Waals surface area contributed by atoms with Gasteiger partial charge in [0.25, 0.3) is 0 Å². The third-order valence-electron chi connectivity index (χ3n) is 21.6. The van der Waals surface area contributed by atoms with Crippen molar-refractivity contribution in [1.29, 1.82) is 0 Å². The lowest BCUT2D eigenvalue weighted by Crippen LogP contribution is -1.96. The van der Waals surface area contributed by atoms with E-state index in [4.69, 9.17) is 23.2 Å². The van der Waals surface area contributed by atoms with Crippen molar-refractivity contribution in [2.75, 3.05) is 0 Å². The van der Waals surface area contributed by atoms with E-state index >= 15 is 0 Å². The molecule has 23 rings (SSSR count). The van der Waals surface area contributed by atoms with E-state index in [9.17, 15) is 0 Å². The number of pyridine rings is 2. The number of benzene rings is 15. The van der Waals surface area contributed by atoms with Crippen molar-refractivity contribution >= 4 is 141 Å². The van der Waals surface area contributed by atoms with Gasteiger partial charge in [-0.1, -0.05) is 231 Å². The molecule has 0 unspecified atom stereocenters. The van der Waals surface area contributed by atoms with E-state index in [-0.39, 0.29) is 0 Å². The van der Waals surface area contributed by atoms with Crippen LogP contribution in [0.4, 0.5) is 0 Å². The standard InChI is InChI=1S/C53H32N2OS.C47H28N2O2/c1-2-12-33(13-3-1)34-24-26-35(27-25-34)37-31-44(54-45(32-37)41-20-11-19-40-39-16-5-8-22-48(39)56-53(40)41)36-14-10-15-38(30-36)55-46-21-7-4-17-42(46)51-47(55)28-29-50-52(51)43-18-6-9-23-49(43)57-50;1-2-11-29(12-3-1)32-27-38(48-39(28-32)31-21-23-44-37(26-31)34-15-5-8-19-42(34)50-44)30-13-10-14-33(25-30)49-40-18-7-4-16-35(40)46-41(49)22-24-45-47(46)36-17-6-9-20-43(36)51-45/h1-32H;1-28H.